The zero-order valence-corrected chi connectivity index (χ0v) is 40.3. The van der Waals surface area contributed by atoms with Gasteiger partial charge >= 0.3 is 5.97 Å². The Kier molecular flexibility index (Phi) is 42.1. The van der Waals surface area contributed by atoms with Gasteiger partial charge in [-0.3, -0.25) is 9.36 Å². The molecule has 2 unspecified atom stereocenters. The molecular weight excluding hydrogens is 770 g/mol. The fourth-order valence-corrected chi connectivity index (χ4v) is 7.00. The van der Waals surface area contributed by atoms with Crippen molar-refractivity contribution >= 4 is 13.8 Å². The fraction of sp³-hybridized carbons (Fsp3) is 0.745. The van der Waals surface area contributed by atoms with Crippen molar-refractivity contribution in [2.45, 2.75) is 193 Å². The molecule has 0 spiro atoms. The quantitative estimate of drug-likeness (QED) is 0.0198. The normalized spacial score (nSPS) is 14.3. The van der Waals surface area contributed by atoms with Gasteiger partial charge in [-0.2, -0.15) is 0 Å². The first-order valence-electron chi connectivity index (χ1n) is 24.2. The van der Waals surface area contributed by atoms with E-state index in [1.165, 1.54) is 83.5 Å². The smallest absolute Gasteiger partial charge is 0.306 e. The summed E-state index contributed by atoms with van der Waals surface area (Å²) in [6, 6.07) is 0. The molecule has 0 fully saturated rings. The lowest BCUT2D eigenvalue weighted by Gasteiger charge is -2.28. The highest BCUT2D eigenvalue weighted by atomic mass is 31.2. The van der Waals surface area contributed by atoms with Gasteiger partial charge in [0.25, 0.3) is 7.82 Å². The lowest BCUT2D eigenvalue weighted by atomic mass is 10.1. The molecule has 348 valence electrons. The number of allylic oxidation sites excluding steroid dienone is 12. The first-order chi connectivity index (χ1) is 29.1. The molecule has 0 aromatic carbocycles. The first kappa shape index (κ1) is 57.9. The number of likely N-dealkylation sites (N-methyl/N-ethyl adjacent to an activating group) is 1. The largest absolute Gasteiger partial charge is 0.756 e. The summed E-state index contributed by atoms with van der Waals surface area (Å²) in [4.78, 5) is 25.1. The van der Waals surface area contributed by atoms with Gasteiger partial charge in [0.2, 0.25) is 0 Å². The van der Waals surface area contributed by atoms with E-state index < -0.39 is 13.9 Å². The minimum absolute atomic E-state index is 0.0187. The molecule has 9 heteroatoms. The molecule has 0 heterocycles. The van der Waals surface area contributed by atoms with Crippen LogP contribution in [0.3, 0.4) is 0 Å². The third-order valence-corrected chi connectivity index (χ3v) is 11.0. The Labute approximate surface area is 370 Å². The summed E-state index contributed by atoms with van der Waals surface area (Å²) < 4.78 is 34.7. The first-order valence-corrected chi connectivity index (χ1v) is 25.6. The second-order valence-electron chi connectivity index (χ2n) is 17.1. The third-order valence-electron chi connectivity index (χ3n) is 9.99. The lowest BCUT2D eigenvalue weighted by molar-refractivity contribution is -0.870. The van der Waals surface area contributed by atoms with Crippen LogP contribution >= 0.6 is 7.82 Å². The molecule has 0 N–H and O–H groups in total. The summed E-state index contributed by atoms with van der Waals surface area (Å²) in [6.45, 7) is 5.24. The van der Waals surface area contributed by atoms with Gasteiger partial charge < -0.3 is 27.9 Å². The summed E-state index contributed by atoms with van der Waals surface area (Å²) in [7, 11) is 1.33. The number of rotatable bonds is 44. The van der Waals surface area contributed by atoms with E-state index in [4.69, 9.17) is 18.5 Å². The van der Waals surface area contributed by atoms with Crippen molar-refractivity contribution in [1.29, 1.82) is 0 Å². The average molecular weight is 862 g/mol. The van der Waals surface area contributed by atoms with Gasteiger partial charge in [-0.25, -0.2) is 0 Å². The third kappa shape index (κ3) is 47.0. The molecule has 0 aliphatic carbocycles. The van der Waals surface area contributed by atoms with E-state index in [2.05, 4.69) is 86.8 Å². The van der Waals surface area contributed by atoms with Crippen molar-refractivity contribution in [3.63, 3.8) is 0 Å². The second kappa shape index (κ2) is 43.6. The maximum absolute atomic E-state index is 12.7. The molecule has 0 aliphatic rings. The number of carbonyl (C=O) groups excluding carboxylic acids is 1. The SMILES string of the molecule is CC/C=C\C/C=C\C/C=C\C/C=C\CCCCCCCCCCC(=O)OC(COCCCCCCCC/C=C\C/C=C\CCCCCC)COP(=O)([O-])OCC[N+](C)(C)C. The topological polar surface area (TPSA) is 94.1 Å². The van der Waals surface area contributed by atoms with Crippen molar-refractivity contribution < 1.29 is 37.3 Å². The van der Waals surface area contributed by atoms with Crippen LogP contribution in [0.25, 0.3) is 0 Å². The van der Waals surface area contributed by atoms with E-state index in [0.29, 0.717) is 24.1 Å². The van der Waals surface area contributed by atoms with E-state index in [-0.39, 0.29) is 25.8 Å². The lowest BCUT2D eigenvalue weighted by Crippen LogP contribution is -2.37. The molecule has 2 atom stereocenters. The van der Waals surface area contributed by atoms with Gasteiger partial charge in [0.1, 0.15) is 19.3 Å². The fourth-order valence-electron chi connectivity index (χ4n) is 6.27. The van der Waals surface area contributed by atoms with Gasteiger partial charge in [-0.05, 0) is 83.5 Å². The molecule has 0 amide bonds. The maximum atomic E-state index is 12.7. The second-order valence-corrected chi connectivity index (χ2v) is 18.5. The zero-order valence-electron chi connectivity index (χ0n) is 39.4. The Balaban J connectivity index is 4.23. The number of quaternary nitrogens is 1. The van der Waals surface area contributed by atoms with Crippen LogP contribution in [0.2, 0.25) is 0 Å². The summed E-state index contributed by atoms with van der Waals surface area (Å²) >= 11 is 0. The number of esters is 1. The van der Waals surface area contributed by atoms with Crippen LogP contribution < -0.4 is 4.89 Å². The molecule has 0 rings (SSSR count). The average Bonchev–Trinajstić information content (AvgIpc) is 3.20. The van der Waals surface area contributed by atoms with E-state index in [1.54, 1.807) is 0 Å². The Bertz CT molecular complexity index is 1190. The summed E-state index contributed by atoms with van der Waals surface area (Å²) in [5.74, 6) is -0.348. The Morgan fingerprint density at radius 1 is 0.533 bits per heavy atom. The molecule has 0 saturated carbocycles. The molecule has 0 aliphatic heterocycles. The summed E-state index contributed by atoms with van der Waals surface area (Å²) in [5.41, 5.74) is 0. The number of phosphoric acid groups is 1. The zero-order chi connectivity index (χ0) is 44.1. The molecule has 0 radical (unpaired) electrons. The van der Waals surface area contributed by atoms with Crippen molar-refractivity contribution in [3.05, 3.63) is 72.9 Å². The standard InChI is InChI=1S/C51H92NO7P/c1-6-8-10-12-14-16-18-20-22-24-25-26-27-28-30-32-34-36-38-40-42-44-51(53)59-50(49-58-60(54,55)57-47-45-52(3,4)5)48-56-46-43-41-39-37-35-33-31-29-23-21-19-17-15-13-11-9-7-2/h8,10,14,16-17,19-20,22-23,25-26,29,50H,6-7,9,11-13,15,18,21,24,27-28,30-49H2,1-5H3/b10-8-,16-14-,19-17-,22-20-,26-25-,29-23-. The molecule has 0 saturated heterocycles. The Morgan fingerprint density at radius 3 is 1.45 bits per heavy atom. The Hall–Kier alpha value is -2.06. The number of nitrogens with zero attached hydrogens (tertiary/aromatic N) is 1. The van der Waals surface area contributed by atoms with E-state index in [9.17, 15) is 14.3 Å². The number of ether oxygens (including phenoxy) is 2. The highest BCUT2D eigenvalue weighted by Crippen LogP contribution is 2.38. The predicted octanol–water partition coefficient (Wildman–Crippen LogP) is 14.0. The monoisotopic (exact) mass is 862 g/mol. The highest BCUT2D eigenvalue weighted by molar-refractivity contribution is 7.45. The molecule has 8 nitrogen and oxygen atoms in total. The van der Waals surface area contributed by atoms with Crippen molar-refractivity contribution in [3.8, 4) is 0 Å². The van der Waals surface area contributed by atoms with E-state index >= 15 is 0 Å². The van der Waals surface area contributed by atoms with E-state index in [0.717, 1.165) is 83.5 Å². The van der Waals surface area contributed by atoms with Crippen molar-refractivity contribution in [2.24, 2.45) is 0 Å². The summed E-state index contributed by atoms with van der Waals surface area (Å²) in [6.07, 6.45) is 56.3. The van der Waals surface area contributed by atoms with Crippen LogP contribution in [0.1, 0.15) is 187 Å². The number of carbonyl (C=O) groups is 1. The van der Waals surface area contributed by atoms with Gasteiger partial charge in [0, 0.05) is 13.0 Å². The van der Waals surface area contributed by atoms with Crippen LogP contribution in [-0.4, -0.2) is 70.7 Å². The highest BCUT2D eigenvalue weighted by Gasteiger charge is 2.20. The number of unbranched alkanes of at least 4 members (excludes halogenated alkanes) is 18. The molecule has 0 aromatic rings. The minimum atomic E-state index is -4.54. The van der Waals surface area contributed by atoms with Crippen LogP contribution in [0.15, 0.2) is 72.9 Å². The predicted molar refractivity (Wildman–Crippen MR) is 254 cm³/mol. The van der Waals surface area contributed by atoms with Crippen LogP contribution in [0.4, 0.5) is 0 Å². The molecular formula is C51H92NO7P. The molecule has 0 bridgehead atoms. The minimum Gasteiger partial charge on any atom is -0.756 e. The number of hydrogen-bond acceptors (Lipinski definition) is 7. The molecule has 0 aromatic heterocycles. The van der Waals surface area contributed by atoms with Crippen molar-refractivity contribution in [2.75, 3.05) is 54.1 Å². The summed E-state index contributed by atoms with van der Waals surface area (Å²) in [5, 5.41) is 0. The Morgan fingerprint density at radius 2 is 0.967 bits per heavy atom. The number of phosphoric ester groups is 1. The maximum Gasteiger partial charge on any atom is 0.306 e. The van der Waals surface area contributed by atoms with Gasteiger partial charge in [0.15, 0.2) is 0 Å². The number of hydrogen-bond donors (Lipinski definition) is 0. The van der Waals surface area contributed by atoms with Gasteiger partial charge in [-0.15, -0.1) is 0 Å². The van der Waals surface area contributed by atoms with Crippen LogP contribution in [0.5, 0.6) is 0 Å². The van der Waals surface area contributed by atoms with Gasteiger partial charge in [0.05, 0.1) is 34.4 Å². The van der Waals surface area contributed by atoms with Crippen LogP contribution in [0, 0.1) is 0 Å². The van der Waals surface area contributed by atoms with E-state index in [1.807, 2.05) is 21.1 Å². The van der Waals surface area contributed by atoms with Crippen LogP contribution in [-0.2, 0) is 27.9 Å². The van der Waals surface area contributed by atoms with Gasteiger partial charge in [-0.1, -0.05) is 170 Å². The molecule has 60 heavy (non-hydrogen) atoms. The van der Waals surface area contributed by atoms with Crippen molar-refractivity contribution in [1.82, 2.24) is 0 Å².